The Hall–Kier alpha value is -5.17. The molecule has 1 aliphatic rings. The second kappa shape index (κ2) is 30.3. The molecule has 0 atom stereocenters. The number of hydroxylamine groups is 1. The minimum Gasteiger partial charge on any atom is -0.491 e. The van der Waals surface area contributed by atoms with Crippen LogP contribution in [0.1, 0.15) is 69.7 Å². The molecule has 1 N–H and O–H groups in total. The molecule has 67 heavy (non-hydrogen) atoms. The zero-order valence-electron chi connectivity index (χ0n) is 39.9. The highest BCUT2D eigenvalue weighted by Crippen LogP contribution is 2.44. The normalized spacial score (nSPS) is 12.6. The summed E-state index contributed by atoms with van der Waals surface area (Å²) in [4.78, 5) is 41.8. The predicted octanol–water partition coefficient (Wildman–Crippen LogP) is 7.36. The number of nitrogens with one attached hydrogen (secondary N) is 1. The molecule has 368 valence electrons. The van der Waals surface area contributed by atoms with E-state index in [0.717, 1.165) is 16.7 Å². The van der Waals surface area contributed by atoms with Crippen LogP contribution in [-0.2, 0) is 61.8 Å². The Kier molecular flexibility index (Phi) is 24.6. The molecule has 1 amide bonds. The van der Waals surface area contributed by atoms with Gasteiger partial charge in [-0.05, 0) is 87.6 Å². The first kappa shape index (κ1) is 54.4. The van der Waals surface area contributed by atoms with E-state index in [4.69, 9.17) is 56.9 Å². The first-order chi connectivity index (χ1) is 32.3. The third kappa shape index (κ3) is 22.9. The van der Waals surface area contributed by atoms with Crippen LogP contribution in [0.25, 0.3) is 23.3 Å². The Balaban J connectivity index is 0.904. The predicted molar refractivity (Wildman–Crippen MR) is 252 cm³/mol. The Bertz CT molecular complexity index is 1940. The summed E-state index contributed by atoms with van der Waals surface area (Å²) in [6, 6.07) is 21.7. The molecule has 0 radical (unpaired) electrons. The maximum Gasteiger partial charge on any atom is 0.431 e. The highest BCUT2D eigenvalue weighted by molar-refractivity contribution is 5.89. The average Bonchev–Trinajstić information content (AvgIpc) is 3.60. The number of fused-ring (bicyclic) bond motifs is 3. The number of hydrogen-bond acceptors (Lipinski definition) is 15. The number of rotatable bonds is 32. The van der Waals surface area contributed by atoms with Crippen LogP contribution in [0.4, 0.5) is 4.79 Å². The van der Waals surface area contributed by atoms with Gasteiger partial charge in [-0.25, -0.2) is 14.4 Å². The minimum atomic E-state index is -0.649. The smallest absolute Gasteiger partial charge is 0.431 e. The van der Waals surface area contributed by atoms with Crippen LogP contribution >= 0.6 is 0 Å². The van der Waals surface area contributed by atoms with E-state index in [2.05, 4.69) is 29.7 Å². The fourth-order valence-corrected chi connectivity index (χ4v) is 6.38. The Morgan fingerprint density at radius 2 is 0.940 bits per heavy atom. The van der Waals surface area contributed by atoms with Gasteiger partial charge in [0.05, 0.1) is 99.1 Å². The maximum atomic E-state index is 12.3. The summed E-state index contributed by atoms with van der Waals surface area (Å²) in [5, 5.41) is 0. The van der Waals surface area contributed by atoms with Crippen molar-refractivity contribution in [2.24, 2.45) is 0 Å². The summed E-state index contributed by atoms with van der Waals surface area (Å²) in [7, 11) is 0. The van der Waals surface area contributed by atoms with Gasteiger partial charge in [0.1, 0.15) is 30.2 Å². The van der Waals surface area contributed by atoms with Crippen LogP contribution < -0.4 is 10.2 Å². The summed E-state index contributed by atoms with van der Waals surface area (Å²) in [6.07, 6.45) is 5.33. The van der Waals surface area contributed by atoms with Crippen LogP contribution in [-0.4, -0.2) is 142 Å². The van der Waals surface area contributed by atoms with Crippen molar-refractivity contribution in [3.8, 4) is 16.9 Å². The summed E-state index contributed by atoms with van der Waals surface area (Å²) < 4.78 is 61.0. The molecule has 16 nitrogen and oxygen atoms in total. The molecule has 16 heteroatoms. The van der Waals surface area contributed by atoms with Crippen LogP contribution in [0, 0.1) is 0 Å². The molecule has 0 heterocycles. The van der Waals surface area contributed by atoms with E-state index >= 15 is 0 Å². The Morgan fingerprint density at radius 3 is 1.40 bits per heavy atom. The summed E-state index contributed by atoms with van der Waals surface area (Å²) >= 11 is 0. The second-order valence-electron chi connectivity index (χ2n) is 16.9. The number of amides is 1. The molecule has 0 aliphatic heterocycles. The monoisotopic (exact) mass is 935 g/mol. The number of carbonyl (C=O) groups is 3. The molecule has 1 aliphatic carbocycles. The second-order valence-corrected chi connectivity index (χ2v) is 16.9. The number of benzene rings is 3. The molecule has 0 spiro atoms. The van der Waals surface area contributed by atoms with E-state index in [9.17, 15) is 14.4 Å². The molecule has 0 saturated heterocycles. The van der Waals surface area contributed by atoms with Crippen molar-refractivity contribution in [3.05, 3.63) is 101 Å². The lowest BCUT2D eigenvalue weighted by Crippen LogP contribution is -2.28. The molecule has 3 aromatic rings. The van der Waals surface area contributed by atoms with Gasteiger partial charge in [-0.15, -0.1) is 0 Å². The van der Waals surface area contributed by atoms with Crippen LogP contribution in [0.2, 0.25) is 0 Å². The Labute approximate surface area is 395 Å². The Morgan fingerprint density at radius 1 is 0.522 bits per heavy atom. The van der Waals surface area contributed by atoms with Crippen molar-refractivity contribution in [1.82, 2.24) is 5.48 Å². The van der Waals surface area contributed by atoms with Crippen molar-refractivity contribution in [2.75, 3.05) is 112 Å². The molecule has 0 unspecified atom stereocenters. The van der Waals surface area contributed by atoms with E-state index in [1.165, 1.54) is 23.3 Å². The molecule has 3 aromatic carbocycles. The molecule has 0 aromatic heterocycles. The van der Waals surface area contributed by atoms with E-state index < -0.39 is 29.2 Å². The first-order valence-electron chi connectivity index (χ1n) is 22.6. The zero-order valence-corrected chi connectivity index (χ0v) is 39.9. The van der Waals surface area contributed by atoms with Gasteiger partial charge in [0.25, 0.3) is 0 Å². The molecule has 0 saturated carbocycles. The van der Waals surface area contributed by atoms with Crippen LogP contribution in [0.3, 0.4) is 0 Å². The largest absolute Gasteiger partial charge is 0.491 e. The summed E-state index contributed by atoms with van der Waals surface area (Å²) in [6.45, 7) is 17.0. The third-order valence-corrected chi connectivity index (χ3v) is 9.21. The standard InChI is InChI=1S/C51H69NO15/c1-50(2,3)66-47(53)19-16-39-15-17-40(18-20-48(54)67-51(4,5)6)46(37-39)63-35-33-61-31-29-59-27-25-57-23-21-56-22-24-58-26-28-60-30-32-62-34-36-65-52-49(55)64-38-45-43-13-9-7-11-41(43)42-12-8-10-14-44(42)45/h7-20,37,45H,21-36,38H2,1-6H3,(H,52,55)/b19-16+,20-18+. The third-order valence-electron chi connectivity index (χ3n) is 9.21. The molecular formula is C51H69NO15. The lowest BCUT2D eigenvalue weighted by atomic mass is 9.98. The van der Waals surface area contributed by atoms with Gasteiger partial charge >= 0.3 is 18.0 Å². The van der Waals surface area contributed by atoms with Crippen molar-refractivity contribution < 1.29 is 71.3 Å². The van der Waals surface area contributed by atoms with Gasteiger partial charge in [-0.2, -0.15) is 5.48 Å². The SMILES string of the molecule is CC(C)(C)OC(=O)/C=C/c1ccc(/C=C/C(=O)OC(C)(C)C)c(OCCOCCOCCOCCOCCOCCOCCOCCONC(=O)OCC2c3ccccc3-c3ccccc32)c1. The highest BCUT2D eigenvalue weighted by atomic mass is 16.7. The lowest BCUT2D eigenvalue weighted by molar-refractivity contribution is -0.149. The molecule has 4 rings (SSSR count). The van der Waals surface area contributed by atoms with E-state index in [1.807, 2.05) is 30.3 Å². The quantitative estimate of drug-likeness (QED) is 0.0216. The lowest BCUT2D eigenvalue weighted by Gasteiger charge is -2.18. The number of carbonyl (C=O) groups excluding carboxylic acids is 3. The van der Waals surface area contributed by atoms with E-state index in [1.54, 1.807) is 65.8 Å². The zero-order chi connectivity index (χ0) is 48.2. The fraction of sp³-hybridized carbons (Fsp3) is 0.510. The van der Waals surface area contributed by atoms with E-state index in [-0.39, 0.29) is 32.3 Å². The maximum absolute atomic E-state index is 12.3. The van der Waals surface area contributed by atoms with E-state index in [0.29, 0.717) is 97.2 Å². The molecular weight excluding hydrogens is 867 g/mol. The highest BCUT2D eigenvalue weighted by Gasteiger charge is 2.29. The number of ether oxygens (including phenoxy) is 11. The first-order valence-corrected chi connectivity index (χ1v) is 22.6. The van der Waals surface area contributed by atoms with Gasteiger partial charge in [-0.1, -0.05) is 60.7 Å². The van der Waals surface area contributed by atoms with Crippen LogP contribution in [0.15, 0.2) is 78.9 Å². The number of esters is 2. The van der Waals surface area contributed by atoms with Crippen LogP contribution in [0.5, 0.6) is 5.75 Å². The van der Waals surface area contributed by atoms with Crippen molar-refractivity contribution >= 4 is 30.2 Å². The van der Waals surface area contributed by atoms with Crippen molar-refractivity contribution in [1.29, 1.82) is 0 Å². The average molecular weight is 936 g/mol. The van der Waals surface area contributed by atoms with Gasteiger partial charge in [0.2, 0.25) is 0 Å². The van der Waals surface area contributed by atoms with Gasteiger partial charge < -0.3 is 52.1 Å². The van der Waals surface area contributed by atoms with Gasteiger partial charge in [0, 0.05) is 23.6 Å². The number of hydrogen-bond donors (Lipinski definition) is 1. The van der Waals surface area contributed by atoms with Crippen molar-refractivity contribution in [2.45, 2.75) is 58.7 Å². The van der Waals surface area contributed by atoms with Crippen molar-refractivity contribution in [3.63, 3.8) is 0 Å². The van der Waals surface area contributed by atoms with Gasteiger partial charge in [0.15, 0.2) is 0 Å². The molecule has 0 fully saturated rings. The minimum absolute atomic E-state index is 0.0191. The van der Waals surface area contributed by atoms with Gasteiger partial charge in [-0.3, -0.25) is 4.84 Å². The fourth-order valence-electron chi connectivity index (χ4n) is 6.38. The summed E-state index contributed by atoms with van der Waals surface area (Å²) in [5.74, 6) is -0.437. The topological polar surface area (TPSA) is 174 Å². The summed E-state index contributed by atoms with van der Waals surface area (Å²) in [5.41, 5.74) is 7.10. The molecule has 0 bridgehead atoms.